The van der Waals surface area contributed by atoms with Gasteiger partial charge in [0.1, 0.15) is 5.52 Å². The maximum absolute atomic E-state index is 12.5. The minimum atomic E-state index is -4.61. The molecule has 8 heteroatoms. The maximum Gasteiger partial charge on any atom is 0.451 e. The van der Waals surface area contributed by atoms with Gasteiger partial charge in [-0.25, -0.2) is 15.0 Å². The number of aromatic nitrogens is 4. The lowest BCUT2D eigenvalue weighted by molar-refractivity contribution is -0.144. The largest absolute Gasteiger partial charge is 0.451 e. The Bertz CT molecular complexity index is 588. The van der Waals surface area contributed by atoms with Gasteiger partial charge in [0.05, 0.1) is 6.33 Å². The van der Waals surface area contributed by atoms with Crippen LogP contribution < -0.4 is 0 Å². The molecule has 0 aliphatic heterocycles. The van der Waals surface area contributed by atoms with Gasteiger partial charge in [-0.3, -0.25) is 0 Å². The van der Waals surface area contributed by atoms with Crippen LogP contribution in [0.4, 0.5) is 13.2 Å². The summed E-state index contributed by atoms with van der Waals surface area (Å²) in [5.41, 5.74) is 0.367. The lowest BCUT2D eigenvalue weighted by Gasteiger charge is -2.06. The highest BCUT2D eigenvalue weighted by Crippen LogP contribution is 2.38. The second-order valence-corrected chi connectivity index (χ2v) is 4.25. The van der Waals surface area contributed by atoms with Crippen LogP contribution in [0.25, 0.3) is 11.2 Å². The first-order chi connectivity index (χ1) is 7.97. The summed E-state index contributed by atoms with van der Waals surface area (Å²) in [6.07, 6.45) is -1.20. The van der Waals surface area contributed by atoms with E-state index in [0.717, 1.165) is 12.8 Å². The number of hydrogen-bond donors (Lipinski definition) is 0. The molecule has 2 aromatic heterocycles. The van der Waals surface area contributed by atoms with Crippen molar-refractivity contribution in [2.24, 2.45) is 0 Å². The average molecular weight is 263 g/mol. The van der Waals surface area contributed by atoms with Crippen molar-refractivity contribution in [2.75, 3.05) is 0 Å². The molecule has 0 atom stereocenters. The molecule has 0 amide bonds. The summed E-state index contributed by atoms with van der Waals surface area (Å²) in [6, 6.07) is 0.262. The van der Waals surface area contributed by atoms with Crippen molar-refractivity contribution in [3.63, 3.8) is 0 Å². The highest BCUT2D eigenvalue weighted by Gasteiger charge is 2.36. The predicted molar refractivity (Wildman–Crippen MR) is 53.6 cm³/mol. The Morgan fingerprint density at radius 1 is 1.29 bits per heavy atom. The number of fused-ring (bicyclic) bond motifs is 1. The van der Waals surface area contributed by atoms with E-state index in [2.05, 4.69) is 15.0 Å². The molecule has 0 spiro atoms. The van der Waals surface area contributed by atoms with E-state index in [1.165, 1.54) is 6.33 Å². The molecule has 2 heterocycles. The monoisotopic (exact) mass is 262 g/mol. The number of nitrogens with zero attached hydrogens (tertiary/aromatic N) is 4. The van der Waals surface area contributed by atoms with Crippen molar-refractivity contribution >= 4 is 22.8 Å². The van der Waals surface area contributed by atoms with Crippen LogP contribution in [-0.4, -0.2) is 19.5 Å². The zero-order chi connectivity index (χ0) is 12.2. The van der Waals surface area contributed by atoms with Gasteiger partial charge in [0.15, 0.2) is 10.8 Å². The normalized spacial score (nSPS) is 16.7. The summed E-state index contributed by atoms with van der Waals surface area (Å²) in [6.45, 7) is 0. The highest BCUT2D eigenvalue weighted by atomic mass is 35.5. The summed E-state index contributed by atoms with van der Waals surface area (Å²) >= 11 is 5.77. The molecule has 90 valence electrons. The Labute approximate surface area is 98.4 Å². The van der Waals surface area contributed by atoms with Gasteiger partial charge in [-0.1, -0.05) is 11.6 Å². The summed E-state index contributed by atoms with van der Waals surface area (Å²) in [5.74, 6) is -1.25. The molecule has 3 rings (SSSR count). The van der Waals surface area contributed by atoms with E-state index < -0.39 is 12.0 Å². The van der Waals surface area contributed by atoms with Gasteiger partial charge in [0, 0.05) is 6.04 Å². The van der Waals surface area contributed by atoms with Crippen molar-refractivity contribution < 1.29 is 13.2 Å². The molecule has 0 unspecified atom stereocenters. The Balaban J connectivity index is 2.22. The molecule has 4 nitrogen and oxygen atoms in total. The minimum Gasteiger partial charge on any atom is -0.324 e. The first-order valence-corrected chi connectivity index (χ1v) is 5.32. The summed E-state index contributed by atoms with van der Waals surface area (Å²) in [7, 11) is 0. The van der Waals surface area contributed by atoms with Crippen molar-refractivity contribution in [1.82, 2.24) is 19.5 Å². The van der Waals surface area contributed by atoms with Crippen molar-refractivity contribution in [2.45, 2.75) is 25.1 Å². The van der Waals surface area contributed by atoms with E-state index in [-0.39, 0.29) is 16.8 Å². The average Bonchev–Trinajstić information content (AvgIpc) is 2.97. The fraction of sp³-hybridized carbons (Fsp3) is 0.444. The van der Waals surface area contributed by atoms with Crippen molar-refractivity contribution in [1.29, 1.82) is 0 Å². The van der Waals surface area contributed by atoms with Gasteiger partial charge in [-0.05, 0) is 12.8 Å². The van der Waals surface area contributed by atoms with E-state index in [1.807, 2.05) is 0 Å². The molecule has 2 aromatic rings. The van der Waals surface area contributed by atoms with Gasteiger partial charge in [0.2, 0.25) is 5.82 Å². The van der Waals surface area contributed by atoms with Gasteiger partial charge < -0.3 is 4.57 Å². The third-order valence-corrected chi connectivity index (χ3v) is 2.84. The molecule has 0 radical (unpaired) electrons. The number of imidazole rings is 1. The van der Waals surface area contributed by atoms with Crippen LogP contribution in [0.2, 0.25) is 5.15 Å². The van der Waals surface area contributed by atoms with Crippen LogP contribution in [0.3, 0.4) is 0 Å². The zero-order valence-electron chi connectivity index (χ0n) is 8.37. The molecule has 1 aliphatic rings. The Morgan fingerprint density at radius 2 is 2.00 bits per heavy atom. The molecular formula is C9H6ClF3N4. The van der Waals surface area contributed by atoms with Crippen LogP contribution in [0, 0.1) is 0 Å². The first-order valence-electron chi connectivity index (χ1n) is 4.94. The topological polar surface area (TPSA) is 43.6 Å². The third kappa shape index (κ3) is 1.74. The van der Waals surface area contributed by atoms with Crippen LogP contribution in [0.1, 0.15) is 24.7 Å². The van der Waals surface area contributed by atoms with Crippen LogP contribution in [0.5, 0.6) is 0 Å². The third-order valence-electron chi connectivity index (χ3n) is 2.58. The Morgan fingerprint density at radius 3 is 2.59 bits per heavy atom. The molecule has 0 saturated heterocycles. The molecule has 0 N–H and O–H groups in total. The summed E-state index contributed by atoms with van der Waals surface area (Å²) in [5, 5.41) is -0.202. The molecule has 1 fully saturated rings. The lowest BCUT2D eigenvalue weighted by atomic mass is 10.4. The van der Waals surface area contributed by atoms with E-state index in [1.54, 1.807) is 4.57 Å². The minimum absolute atomic E-state index is 0.00998. The number of alkyl halides is 3. The van der Waals surface area contributed by atoms with Crippen LogP contribution >= 0.6 is 11.6 Å². The molecule has 0 bridgehead atoms. The second kappa shape index (κ2) is 3.32. The molecule has 1 saturated carbocycles. The van der Waals surface area contributed by atoms with Gasteiger partial charge in [0.25, 0.3) is 0 Å². The fourth-order valence-electron chi connectivity index (χ4n) is 1.66. The van der Waals surface area contributed by atoms with Gasteiger partial charge in [-0.15, -0.1) is 0 Å². The maximum atomic E-state index is 12.5. The SMILES string of the molecule is FC(F)(F)c1nc(Cl)c2c(ncn2C2CC2)n1. The van der Waals surface area contributed by atoms with E-state index >= 15 is 0 Å². The molecule has 17 heavy (non-hydrogen) atoms. The van der Waals surface area contributed by atoms with Crippen LogP contribution in [-0.2, 0) is 6.18 Å². The van der Waals surface area contributed by atoms with Crippen LogP contribution in [0.15, 0.2) is 6.33 Å². The zero-order valence-corrected chi connectivity index (χ0v) is 9.13. The smallest absolute Gasteiger partial charge is 0.324 e. The van der Waals surface area contributed by atoms with Gasteiger partial charge in [-0.2, -0.15) is 13.2 Å². The summed E-state index contributed by atoms with van der Waals surface area (Å²) in [4.78, 5) is 10.5. The Kier molecular flexibility index (Phi) is 2.10. The molecule has 0 aromatic carbocycles. The second-order valence-electron chi connectivity index (χ2n) is 3.89. The van der Waals surface area contributed by atoms with Gasteiger partial charge >= 0.3 is 6.18 Å². The predicted octanol–water partition coefficient (Wildman–Crippen LogP) is 2.83. The highest BCUT2D eigenvalue weighted by molar-refractivity contribution is 6.33. The number of halogens is 4. The first kappa shape index (κ1) is 10.8. The van der Waals surface area contributed by atoms with Crippen molar-refractivity contribution in [3.8, 4) is 0 Å². The Hall–Kier alpha value is -1.37. The standard InChI is InChI=1S/C9H6ClF3N4/c10-6-5-7(14-3-17(5)4-1-2-4)16-8(15-6)9(11,12)13/h3-4H,1-2H2. The molecular weight excluding hydrogens is 257 g/mol. The van der Waals surface area contributed by atoms with E-state index in [4.69, 9.17) is 11.6 Å². The fourth-order valence-corrected chi connectivity index (χ4v) is 1.92. The number of rotatable bonds is 1. The van der Waals surface area contributed by atoms with Crippen molar-refractivity contribution in [3.05, 3.63) is 17.3 Å². The lowest BCUT2D eigenvalue weighted by Crippen LogP contribution is -2.11. The van der Waals surface area contributed by atoms with E-state index in [9.17, 15) is 13.2 Å². The number of hydrogen-bond acceptors (Lipinski definition) is 3. The molecule has 1 aliphatic carbocycles. The van der Waals surface area contributed by atoms with E-state index in [0.29, 0.717) is 5.52 Å². The quantitative estimate of drug-likeness (QED) is 0.742. The summed E-state index contributed by atoms with van der Waals surface area (Å²) < 4.78 is 39.1.